The zero-order valence-corrected chi connectivity index (χ0v) is 18.1. The lowest BCUT2D eigenvalue weighted by atomic mass is 9.99. The fourth-order valence-corrected chi connectivity index (χ4v) is 4.20. The van der Waals surface area contributed by atoms with Crippen LogP contribution in [0.15, 0.2) is 35.3 Å². The lowest BCUT2D eigenvalue weighted by molar-refractivity contribution is -0.174. The number of benzene rings is 1. The van der Waals surface area contributed by atoms with E-state index in [1.54, 1.807) is 24.7 Å². The topological polar surface area (TPSA) is 58.3 Å². The second kappa shape index (κ2) is 9.07. The highest BCUT2D eigenvalue weighted by Crippen LogP contribution is 2.31. The molecular weight excluding hydrogens is 423 g/mol. The van der Waals surface area contributed by atoms with Crippen molar-refractivity contribution in [1.82, 2.24) is 14.1 Å². The molecule has 1 aliphatic rings. The first-order valence-electron chi connectivity index (χ1n) is 10.6. The Balaban J connectivity index is 1.72. The molecule has 0 bridgehead atoms. The Labute approximate surface area is 183 Å². The summed E-state index contributed by atoms with van der Waals surface area (Å²) in [6.45, 7) is 1.99. The third kappa shape index (κ3) is 4.88. The van der Waals surface area contributed by atoms with Crippen molar-refractivity contribution in [2.45, 2.75) is 38.4 Å². The number of hydrogen-bond acceptors (Lipinski definition) is 4. The molecule has 9 heteroatoms. The largest absolute Gasteiger partial charge is 0.411 e. The molecule has 1 fully saturated rings. The van der Waals surface area contributed by atoms with E-state index in [2.05, 4.69) is 0 Å². The van der Waals surface area contributed by atoms with Crippen molar-refractivity contribution >= 4 is 11.0 Å². The first kappa shape index (κ1) is 22.5. The smallest absolute Gasteiger partial charge is 0.381 e. The molecule has 32 heavy (non-hydrogen) atoms. The number of rotatable bonds is 6. The first-order chi connectivity index (χ1) is 15.2. The molecule has 172 valence electrons. The number of alkyl halides is 3. The number of pyridine rings is 1. The van der Waals surface area contributed by atoms with Crippen LogP contribution in [0.25, 0.3) is 22.2 Å². The second-order valence-electron chi connectivity index (χ2n) is 8.21. The lowest BCUT2D eigenvalue weighted by Gasteiger charge is -2.22. The zero-order valence-electron chi connectivity index (χ0n) is 18.1. The van der Waals surface area contributed by atoms with Crippen molar-refractivity contribution in [3.8, 4) is 11.1 Å². The Morgan fingerprint density at radius 2 is 1.94 bits per heavy atom. The van der Waals surface area contributed by atoms with Crippen LogP contribution in [0.2, 0.25) is 0 Å². The van der Waals surface area contributed by atoms with Gasteiger partial charge in [0, 0.05) is 44.5 Å². The minimum Gasteiger partial charge on any atom is -0.381 e. The summed E-state index contributed by atoms with van der Waals surface area (Å²) >= 11 is 0. The van der Waals surface area contributed by atoms with E-state index in [-0.39, 0.29) is 24.6 Å². The molecule has 0 N–H and O–H groups in total. The zero-order chi connectivity index (χ0) is 22.9. The highest BCUT2D eigenvalue weighted by Gasteiger charge is 2.28. The van der Waals surface area contributed by atoms with Crippen molar-refractivity contribution in [3.63, 3.8) is 0 Å². The molecule has 1 aliphatic heterocycles. The third-order valence-corrected chi connectivity index (χ3v) is 5.78. The quantitative estimate of drug-likeness (QED) is 0.530. The summed E-state index contributed by atoms with van der Waals surface area (Å²) < 4.78 is 51.4. The summed E-state index contributed by atoms with van der Waals surface area (Å²) in [4.78, 5) is 16.9. The van der Waals surface area contributed by atoms with Gasteiger partial charge in [-0.15, -0.1) is 0 Å². The maximum atomic E-state index is 12.5. The van der Waals surface area contributed by atoms with E-state index < -0.39 is 12.8 Å². The van der Waals surface area contributed by atoms with E-state index >= 15 is 0 Å². The highest BCUT2D eigenvalue weighted by molar-refractivity contribution is 5.82. The molecule has 0 spiro atoms. The van der Waals surface area contributed by atoms with Crippen molar-refractivity contribution in [3.05, 3.63) is 52.2 Å². The summed E-state index contributed by atoms with van der Waals surface area (Å²) in [5.74, 6) is 1.04. The molecule has 0 unspecified atom stereocenters. The predicted octanol–water partition coefficient (Wildman–Crippen LogP) is 4.18. The molecule has 0 radical (unpaired) electrons. The van der Waals surface area contributed by atoms with Gasteiger partial charge in [0.1, 0.15) is 12.4 Å². The molecule has 3 heterocycles. The van der Waals surface area contributed by atoms with Crippen molar-refractivity contribution in [1.29, 1.82) is 0 Å². The molecule has 1 aromatic carbocycles. The van der Waals surface area contributed by atoms with Crippen LogP contribution in [-0.2, 0) is 23.1 Å². The van der Waals surface area contributed by atoms with Gasteiger partial charge in [-0.3, -0.25) is 4.79 Å². The van der Waals surface area contributed by atoms with Crippen LogP contribution in [0.1, 0.15) is 30.1 Å². The summed E-state index contributed by atoms with van der Waals surface area (Å²) in [6, 6.07) is 7.69. The summed E-state index contributed by atoms with van der Waals surface area (Å²) in [7, 11) is 1.71. The maximum absolute atomic E-state index is 12.5. The normalized spacial score (nSPS) is 15.5. The number of hydrogen-bond donors (Lipinski definition) is 0. The van der Waals surface area contributed by atoms with Gasteiger partial charge in [-0.25, -0.2) is 4.98 Å². The van der Waals surface area contributed by atoms with E-state index in [9.17, 15) is 18.0 Å². The number of aryl methyl sites for hydroxylation is 2. The van der Waals surface area contributed by atoms with E-state index in [1.165, 1.54) is 0 Å². The Kier molecular flexibility index (Phi) is 6.39. The average molecular weight is 449 g/mol. The van der Waals surface area contributed by atoms with Gasteiger partial charge in [0.15, 0.2) is 0 Å². The predicted molar refractivity (Wildman–Crippen MR) is 115 cm³/mol. The second-order valence-corrected chi connectivity index (χ2v) is 8.21. The fourth-order valence-electron chi connectivity index (χ4n) is 4.20. The van der Waals surface area contributed by atoms with Gasteiger partial charge < -0.3 is 18.6 Å². The van der Waals surface area contributed by atoms with Gasteiger partial charge in [0.2, 0.25) is 0 Å². The highest BCUT2D eigenvalue weighted by atomic mass is 19.4. The summed E-state index contributed by atoms with van der Waals surface area (Å²) in [5, 5.41) is 0. The van der Waals surface area contributed by atoms with Crippen LogP contribution in [0.3, 0.4) is 0 Å². The molecular formula is C23H26F3N3O3. The Morgan fingerprint density at radius 1 is 1.19 bits per heavy atom. The molecule has 6 nitrogen and oxygen atoms in total. The molecule has 0 amide bonds. The van der Waals surface area contributed by atoms with Crippen LogP contribution in [-0.4, -0.2) is 46.7 Å². The van der Waals surface area contributed by atoms with Gasteiger partial charge in [0.05, 0.1) is 17.6 Å². The molecule has 4 rings (SSSR count). The Bertz CT molecular complexity index is 1130. The number of aromatic nitrogens is 3. The molecule has 2 aromatic heterocycles. The van der Waals surface area contributed by atoms with Gasteiger partial charge in [-0.2, -0.15) is 13.2 Å². The number of nitrogens with zero attached hydrogens (tertiary/aromatic N) is 3. The van der Waals surface area contributed by atoms with Gasteiger partial charge in [-0.05, 0) is 49.1 Å². The van der Waals surface area contributed by atoms with Crippen LogP contribution in [0.5, 0.6) is 0 Å². The van der Waals surface area contributed by atoms with E-state index in [0.717, 1.165) is 40.8 Å². The number of ether oxygens (including phenoxy) is 2. The van der Waals surface area contributed by atoms with Gasteiger partial charge in [0.25, 0.3) is 5.56 Å². The van der Waals surface area contributed by atoms with E-state index in [4.69, 9.17) is 14.5 Å². The van der Waals surface area contributed by atoms with Gasteiger partial charge >= 0.3 is 6.18 Å². The number of imidazole rings is 1. The van der Waals surface area contributed by atoms with Crippen LogP contribution < -0.4 is 5.56 Å². The first-order valence-corrected chi connectivity index (χ1v) is 10.6. The van der Waals surface area contributed by atoms with Crippen molar-refractivity contribution in [2.24, 2.45) is 7.05 Å². The Hall–Kier alpha value is -2.65. The molecule has 0 saturated carbocycles. The van der Waals surface area contributed by atoms with E-state index in [0.29, 0.717) is 18.8 Å². The van der Waals surface area contributed by atoms with Crippen molar-refractivity contribution in [2.75, 3.05) is 26.4 Å². The van der Waals surface area contributed by atoms with Crippen LogP contribution >= 0.6 is 0 Å². The third-order valence-electron chi connectivity index (χ3n) is 5.78. The van der Waals surface area contributed by atoms with Crippen LogP contribution in [0.4, 0.5) is 13.2 Å². The minimum absolute atomic E-state index is 0.0523. The monoisotopic (exact) mass is 449 g/mol. The van der Waals surface area contributed by atoms with Crippen LogP contribution in [0, 0.1) is 6.92 Å². The summed E-state index contributed by atoms with van der Waals surface area (Å²) in [6.07, 6.45) is -0.934. The standard InChI is InChI=1S/C23H26F3N3O3/c1-15-11-18(13-28(2)22(15)30)17-3-4-19-20(12-17)29(7-10-32-14-23(24,25)26)21(27-19)16-5-8-31-9-6-16/h3-4,11-13,16H,5-10,14H2,1-2H3. The fraction of sp³-hybridized carbons (Fsp3) is 0.478. The maximum Gasteiger partial charge on any atom is 0.411 e. The number of halogens is 3. The molecule has 3 aromatic rings. The van der Waals surface area contributed by atoms with Crippen molar-refractivity contribution < 1.29 is 22.6 Å². The van der Waals surface area contributed by atoms with Gasteiger partial charge in [-0.1, -0.05) is 6.07 Å². The van der Waals surface area contributed by atoms with E-state index in [1.807, 2.05) is 28.8 Å². The molecule has 1 saturated heterocycles. The average Bonchev–Trinajstić information content (AvgIpc) is 3.12. The molecule has 0 atom stereocenters. The minimum atomic E-state index is -4.35. The lowest BCUT2D eigenvalue weighted by Crippen LogP contribution is -2.21. The SMILES string of the molecule is Cc1cc(-c2ccc3nc(C4CCOCC4)n(CCOCC(F)(F)F)c3c2)cn(C)c1=O. The Morgan fingerprint density at radius 3 is 2.62 bits per heavy atom. The molecule has 0 aliphatic carbocycles. The summed E-state index contributed by atoms with van der Waals surface area (Å²) in [5.41, 5.74) is 4.01. The number of fused-ring (bicyclic) bond motifs is 1.